The summed E-state index contributed by atoms with van der Waals surface area (Å²) < 4.78 is 6.35. The molecule has 0 bridgehead atoms. The van der Waals surface area contributed by atoms with E-state index in [1.807, 2.05) is 45.0 Å². The molecule has 0 unspecified atom stereocenters. The summed E-state index contributed by atoms with van der Waals surface area (Å²) >= 11 is 9.33. The molecule has 29 heavy (non-hydrogen) atoms. The van der Waals surface area contributed by atoms with Crippen LogP contribution >= 0.6 is 27.5 Å². The topological polar surface area (TPSA) is 58.6 Å². The number of nitrogens with one attached hydrogen (secondary N) is 1. The van der Waals surface area contributed by atoms with Crippen LogP contribution in [-0.4, -0.2) is 35.4 Å². The third-order valence-corrected chi connectivity index (χ3v) is 5.30. The van der Waals surface area contributed by atoms with Crippen molar-refractivity contribution < 1.29 is 14.3 Å². The van der Waals surface area contributed by atoms with Gasteiger partial charge in [0.1, 0.15) is 11.8 Å². The first-order valence-corrected chi connectivity index (χ1v) is 10.6. The lowest BCUT2D eigenvalue weighted by Crippen LogP contribution is -2.50. The maximum absolute atomic E-state index is 13.0. The summed E-state index contributed by atoms with van der Waals surface area (Å²) in [6.07, 6.45) is 0. The van der Waals surface area contributed by atoms with Crippen molar-refractivity contribution in [2.24, 2.45) is 0 Å². The molecule has 0 saturated heterocycles. The lowest BCUT2D eigenvalue weighted by Gasteiger charge is -2.29. The molecule has 0 aromatic heterocycles. The molecule has 2 amide bonds. The number of benzene rings is 2. The zero-order valence-electron chi connectivity index (χ0n) is 17.0. The Morgan fingerprint density at radius 2 is 1.86 bits per heavy atom. The van der Waals surface area contributed by atoms with Gasteiger partial charge in [0.25, 0.3) is 5.91 Å². The number of aryl methyl sites for hydroxylation is 1. The van der Waals surface area contributed by atoms with E-state index in [4.69, 9.17) is 16.3 Å². The maximum Gasteiger partial charge on any atom is 0.261 e. The number of rotatable bonds is 8. The second-order valence-corrected chi connectivity index (χ2v) is 8.44. The van der Waals surface area contributed by atoms with Gasteiger partial charge < -0.3 is 15.0 Å². The lowest BCUT2D eigenvalue weighted by molar-refractivity contribution is -0.142. The summed E-state index contributed by atoms with van der Waals surface area (Å²) in [5.74, 6) is 0.0361. The zero-order valence-corrected chi connectivity index (χ0v) is 19.4. The van der Waals surface area contributed by atoms with Crippen molar-refractivity contribution in [3.05, 3.63) is 63.1 Å². The Morgan fingerprint density at radius 3 is 2.48 bits per heavy atom. The molecule has 0 saturated carbocycles. The molecule has 2 aromatic rings. The van der Waals surface area contributed by atoms with Crippen molar-refractivity contribution in [1.82, 2.24) is 10.2 Å². The van der Waals surface area contributed by atoms with Gasteiger partial charge in [-0.2, -0.15) is 0 Å². The molecule has 1 N–H and O–H groups in total. The van der Waals surface area contributed by atoms with Crippen LogP contribution in [0.4, 0.5) is 0 Å². The Morgan fingerprint density at radius 1 is 1.17 bits per heavy atom. The standard InChI is InChI=1S/C22H26BrClN2O3/c1-14(2)25-22(28)16(4)26(12-17-8-6-5-7-15(17)3)21(27)13-29-20-10-9-18(24)11-19(20)23/h5-11,14,16H,12-13H2,1-4H3,(H,25,28)/t16-/m0/s1. The monoisotopic (exact) mass is 480 g/mol. The molecule has 0 radical (unpaired) electrons. The van der Waals surface area contributed by atoms with Gasteiger partial charge in [-0.05, 0) is 73.0 Å². The minimum absolute atomic E-state index is 0.0124. The Labute approximate surface area is 185 Å². The first-order valence-electron chi connectivity index (χ1n) is 9.41. The van der Waals surface area contributed by atoms with Gasteiger partial charge in [0.2, 0.25) is 5.91 Å². The summed E-state index contributed by atoms with van der Waals surface area (Å²) in [6, 6.07) is 12.2. The number of carbonyl (C=O) groups excluding carboxylic acids is 2. The van der Waals surface area contributed by atoms with E-state index in [2.05, 4.69) is 21.2 Å². The van der Waals surface area contributed by atoms with Crippen molar-refractivity contribution in [1.29, 1.82) is 0 Å². The van der Waals surface area contributed by atoms with Crippen LogP contribution in [0.2, 0.25) is 5.02 Å². The molecular formula is C22H26BrClN2O3. The van der Waals surface area contributed by atoms with Crippen LogP contribution in [0.3, 0.4) is 0 Å². The summed E-state index contributed by atoms with van der Waals surface area (Å²) in [5, 5.41) is 3.44. The molecule has 0 heterocycles. The molecule has 2 aromatic carbocycles. The Bertz CT molecular complexity index is 873. The normalized spacial score (nSPS) is 11.8. The predicted octanol–water partition coefficient (Wildman–Crippen LogP) is 4.73. The third-order valence-electron chi connectivity index (χ3n) is 4.45. The molecule has 156 valence electrons. The van der Waals surface area contributed by atoms with Crippen LogP contribution in [0.1, 0.15) is 31.9 Å². The molecule has 2 rings (SSSR count). The number of hydrogen-bond donors (Lipinski definition) is 1. The predicted molar refractivity (Wildman–Crippen MR) is 119 cm³/mol. The summed E-state index contributed by atoms with van der Waals surface area (Å²) in [4.78, 5) is 27.1. The van der Waals surface area contributed by atoms with E-state index >= 15 is 0 Å². The summed E-state index contributed by atoms with van der Waals surface area (Å²) in [7, 11) is 0. The molecule has 1 atom stereocenters. The fourth-order valence-electron chi connectivity index (χ4n) is 2.77. The van der Waals surface area contributed by atoms with Gasteiger partial charge in [-0.25, -0.2) is 0 Å². The van der Waals surface area contributed by atoms with Gasteiger partial charge in [0.15, 0.2) is 6.61 Å². The smallest absolute Gasteiger partial charge is 0.261 e. The molecule has 5 nitrogen and oxygen atoms in total. The minimum Gasteiger partial charge on any atom is -0.483 e. The molecule has 0 aliphatic rings. The number of nitrogens with zero attached hydrogens (tertiary/aromatic N) is 1. The van der Waals surface area contributed by atoms with Crippen molar-refractivity contribution in [2.75, 3.05) is 6.61 Å². The van der Waals surface area contributed by atoms with Crippen LogP contribution in [-0.2, 0) is 16.1 Å². The van der Waals surface area contributed by atoms with E-state index < -0.39 is 6.04 Å². The van der Waals surface area contributed by atoms with Crippen LogP contribution in [0.15, 0.2) is 46.9 Å². The molecular weight excluding hydrogens is 456 g/mol. The zero-order chi connectivity index (χ0) is 21.6. The first kappa shape index (κ1) is 23.2. The number of ether oxygens (including phenoxy) is 1. The van der Waals surface area contributed by atoms with E-state index in [1.165, 1.54) is 0 Å². The van der Waals surface area contributed by atoms with Gasteiger partial charge in [-0.1, -0.05) is 35.9 Å². The van der Waals surface area contributed by atoms with Gasteiger partial charge in [0, 0.05) is 17.6 Å². The third kappa shape index (κ3) is 6.75. The van der Waals surface area contributed by atoms with Crippen molar-refractivity contribution in [2.45, 2.75) is 46.3 Å². The van der Waals surface area contributed by atoms with Gasteiger partial charge in [-0.3, -0.25) is 9.59 Å². The average Bonchev–Trinajstić information content (AvgIpc) is 2.65. The molecule has 0 fully saturated rings. The van der Waals surface area contributed by atoms with E-state index in [-0.39, 0.29) is 24.5 Å². The van der Waals surface area contributed by atoms with Crippen molar-refractivity contribution in [3.8, 4) is 5.75 Å². The molecule has 0 spiro atoms. The van der Waals surface area contributed by atoms with Crippen LogP contribution < -0.4 is 10.1 Å². The van der Waals surface area contributed by atoms with Crippen LogP contribution in [0, 0.1) is 6.92 Å². The highest BCUT2D eigenvalue weighted by atomic mass is 79.9. The molecule has 7 heteroatoms. The van der Waals surface area contributed by atoms with E-state index in [0.717, 1.165) is 11.1 Å². The van der Waals surface area contributed by atoms with Crippen molar-refractivity contribution >= 4 is 39.3 Å². The Kier molecular flexibility index (Phi) is 8.53. The van der Waals surface area contributed by atoms with Crippen LogP contribution in [0.5, 0.6) is 5.75 Å². The van der Waals surface area contributed by atoms with E-state index in [1.54, 1.807) is 30.0 Å². The maximum atomic E-state index is 13.0. The van der Waals surface area contributed by atoms with E-state index in [0.29, 0.717) is 21.8 Å². The highest BCUT2D eigenvalue weighted by molar-refractivity contribution is 9.10. The molecule has 0 aliphatic carbocycles. The Hall–Kier alpha value is -2.05. The SMILES string of the molecule is Cc1ccccc1CN(C(=O)COc1ccc(Cl)cc1Br)[C@@H](C)C(=O)NC(C)C. The largest absolute Gasteiger partial charge is 0.483 e. The Balaban J connectivity index is 2.19. The number of halogens is 2. The van der Waals surface area contributed by atoms with Crippen LogP contribution in [0.25, 0.3) is 0 Å². The number of hydrogen-bond acceptors (Lipinski definition) is 3. The van der Waals surface area contributed by atoms with Crippen molar-refractivity contribution in [3.63, 3.8) is 0 Å². The van der Waals surface area contributed by atoms with E-state index in [9.17, 15) is 9.59 Å². The summed E-state index contributed by atoms with van der Waals surface area (Å²) in [5.41, 5.74) is 2.04. The quantitative estimate of drug-likeness (QED) is 0.593. The fourth-order valence-corrected chi connectivity index (χ4v) is 3.57. The molecule has 0 aliphatic heterocycles. The fraction of sp³-hybridized carbons (Fsp3) is 0.364. The highest BCUT2D eigenvalue weighted by Gasteiger charge is 2.27. The highest BCUT2D eigenvalue weighted by Crippen LogP contribution is 2.28. The first-order chi connectivity index (χ1) is 13.7. The van der Waals surface area contributed by atoms with Gasteiger partial charge >= 0.3 is 0 Å². The summed E-state index contributed by atoms with van der Waals surface area (Å²) in [6.45, 7) is 7.62. The second-order valence-electron chi connectivity index (χ2n) is 7.15. The average molecular weight is 482 g/mol. The van der Waals surface area contributed by atoms with Gasteiger partial charge in [0.05, 0.1) is 4.47 Å². The van der Waals surface area contributed by atoms with Gasteiger partial charge in [-0.15, -0.1) is 0 Å². The lowest BCUT2D eigenvalue weighted by atomic mass is 10.1. The minimum atomic E-state index is -0.637. The number of carbonyl (C=O) groups is 2. The second kappa shape index (κ2) is 10.6. The number of amides is 2.